The van der Waals surface area contributed by atoms with Gasteiger partial charge in [0, 0.05) is 30.0 Å². The topological polar surface area (TPSA) is 45.3 Å². The Bertz CT molecular complexity index is 1080. The summed E-state index contributed by atoms with van der Waals surface area (Å²) in [7, 11) is 0. The molecule has 3 aromatic carbocycles. The zero-order chi connectivity index (χ0) is 26.7. The van der Waals surface area contributed by atoms with Crippen LogP contribution in [-0.4, -0.2) is 68.2 Å². The van der Waals surface area contributed by atoms with Crippen molar-refractivity contribution in [1.29, 1.82) is 0 Å². The van der Waals surface area contributed by atoms with Crippen LogP contribution in [0.3, 0.4) is 0 Å². The number of amides is 1. The largest absolute Gasteiger partial charge is 0.492 e. The molecule has 0 N–H and O–H groups in total. The number of hydrogen-bond acceptors (Lipinski definition) is 5. The number of likely N-dealkylation sites (tertiary alicyclic amines) is 2. The zero-order valence-corrected chi connectivity index (χ0v) is 25.4. The van der Waals surface area contributed by atoms with Crippen LogP contribution in [0.1, 0.15) is 48.9 Å². The molecular weight excluding hydrogens is 557 g/mol. The van der Waals surface area contributed by atoms with Gasteiger partial charge in [-0.05, 0) is 113 Å². The van der Waals surface area contributed by atoms with Crippen LogP contribution in [0, 0.1) is 0 Å². The summed E-state index contributed by atoms with van der Waals surface area (Å²) in [6.07, 6.45) is 7.81. The monoisotopic (exact) mass is 599 g/mol. The lowest BCUT2D eigenvalue weighted by atomic mass is 10.1. The van der Waals surface area contributed by atoms with Gasteiger partial charge in [-0.15, -0.1) is 24.8 Å². The highest BCUT2D eigenvalue weighted by Gasteiger charge is 2.20. The fourth-order valence-electron chi connectivity index (χ4n) is 5.43. The second kappa shape index (κ2) is 17.2. The van der Waals surface area contributed by atoms with Crippen LogP contribution in [-0.2, 0) is 0 Å². The van der Waals surface area contributed by atoms with Crippen molar-refractivity contribution in [2.45, 2.75) is 38.5 Å². The van der Waals surface area contributed by atoms with Crippen LogP contribution in [0.2, 0.25) is 0 Å². The minimum absolute atomic E-state index is 0. The van der Waals surface area contributed by atoms with Crippen molar-refractivity contribution in [3.05, 3.63) is 84.4 Å². The van der Waals surface area contributed by atoms with Crippen molar-refractivity contribution in [1.82, 2.24) is 9.80 Å². The summed E-state index contributed by atoms with van der Waals surface area (Å²) in [4.78, 5) is 20.4. The van der Waals surface area contributed by atoms with Gasteiger partial charge in [0.2, 0.25) is 0 Å². The fraction of sp³-hybridized carbons (Fsp3) is 0.424. The van der Waals surface area contributed by atoms with Crippen molar-refractivity contribution in [3.8, 4) is 11.5 Å². The summed E-state index contributed by atoms with van der Waals surface area (Å²) in [6.45, 7) is 7.92. The third kappa shape index (κ3) is 9.64. The number of carbonyl (C=O) groups excluding carboxylic acids is 1. The number of benzene rings is 3. The van der Waals surface area contributed by atoms with Crippen molar-refractivity contribution in [3.63, 3.8) is 0 Å². The number of hydrogen-bond donors (Lipinski definition) is 0. The molecule has 0 saturated carbocycles. The first-order valence-electron chi connectivity index (χ1n) is 14.6. The van der Waals surface area contributed by atoms with E-state index in [9.17, 15) is 4.79 Å². The van der Waals surface area contributed by atoms with E-state index >= 15 is 0 Å². The maximum absolute atomic E-state index is 13.7. The van der Waals surface area contributed by atoms with Crippen molar-refractivity contribution < 1.29 is 14.3 Å². The van der Waals surface area contributed by atoms with E-state index in [0.29, 0.717) is 18.8 Å². The van der Waals surface area contributed by atoms with Gasteiger partial charge in [0.25, 0.3) is 5.91 Å². The first kappa shape index (κ1) is 32.7. The highest BCUT2D eigenvalue weighted by atomic mass is 35.5. The molecule has 41 heavy (non-hydrogen) atoms. The summed E-state index contributed by atoms with van der Waals surface area (Å²) in [5, 5.41) is 0. The quantitative estimate of drug-likeness (QED) is 0.232. The number of anilines is 2. The minimum atomic E-state index is -0.0758. The molecule has 2 aliphatic heterocycles. The van der Waals surface area contributed by atoms with Gasteiger partial charge in [0.15, 0.2) is 0 Å². The highest BCUT2D eigenvalue weighted by molar-refractivity contribution is 6.10. The lowest BCUT2D eigenvalue weighted by Gasteiger charge is -2.26. The lowest BCUT2D eigenvalue weighted by Crippen LogP contribution is -2.33. The molecule has 0 aliphatic carbocycles. The molecule has 2 saturated heterocycles. The molecular formula is C33H43Cl2N3O3. The summed E-state index contributed by atoms with van der Waals surface area (Å²) in [5.74, 6) is 1.56. The average Bonchev–Trinajstić information content (AvgIpc) is 3.00. The molecule has 8 heteroatoms. The predicted molar refractivity (Wildman–Crippen MR) is 172 cm³/mol. The average molecular weight is 601 g/mol. The number of piperidine rings is 2. The second-order valence-corrected chi connectivity index (χ2v) is 10.5. The van der Waals surface area contributed by atoms with E-state index in [4.69, 9.17) is 9.47 Å². The standard InChI is InChI=1S/C33H41N3O3.2ClH/c37-33(28-10-4-1-5-11-28)36(29-12-16-31(17-13-29)38-26-24-34-20-6-2-7-21-34)30-14-18-32(19-15-30)39-27-25-35-22-8-3-9-23-35;;/h1,4-5,10-19H,2-3,6-9,20-27H2;2*1H. The third-order valence-corrected chi connectivity index (χ3v) is 7.66. The Hall–Kier alpha value is -2.77. The summed E-state index contributed by atoms with van der Waals surface area (Å²) >= 11 is 0. The molecule has 2 heterocycles. The molecule has 6 nitrogen and oxygen atoms in total. The van der Waals surface area contributed by atoms with Gasteiger partial charge in [-0.3, -0.25) is 19.5 Å². The van der Waals surface area contributed by atoms with E-state index in [2.05, 4.69) is 9.80 Å². The van der Waals surface area contributed by atoms with Gasteiger partial charge in [0.1, 0.15) is 24.7 Å². The Morgan fingerprint density at radius 3 is 1.41 bits per heavy atom. The normalized spacial score (nSPS) is 15.7. The van der Waals surface area contributed by atoms with Crippen LogP contribution in [0.25, 0.3) is 0 Å². The summed E-state index contributed by atoms with van der Waals surface area (Å²) < 4.78 is 12.1. The molecule has 2 fully saturated rings. The Labute approximate surface area is 257 Å². The second-order valence-electron chi connectivity index (χ2n) is 10.5. The van der Waals surface area contributed by atoms with E-state index in [-0.39, 0.29) is 30.7 Å². The Kier molecular flexibility index (Phi) is 13.8. The smallest absolute Gasteiger partial charge is 0.262 e. The fourth-order valence-corrected chi connectivity index (χ4v) is 5.43. The zero-order valence-electron chi connectivity index (χ0n) is 23.8. The minimum Gasteiger partial charge on any atom is -0.492 e. The van der Waals surface area contributed by atoms with Gasteiger partial charge in [-0.25, -0.2) is 0 Å². The molecule has 5 rings (SSSR count). The van der Waals surface area contributed by atoms with Crippen LogP contribution in [0.4, 0.5) is 11.4 Å². The number of ether oxygens (including phenoxy) is 2. The Balaban J connectivity index is 0.00000231. The van der Waals surface area contributed by atoms with Crippen LogP contribution in [0.5, 0.6) is 11.5 Å². The van der Waals surface area contributed by atoms with Crippen LogP contribution in [0.15, 0.2) is 78.9 Å². The molecule has 1 amide bonds. The molecule has 2 aliphatic rings. The van der Waals surface area contributed by atoms with Gasteiger partial charge >= 0.3 is 0 Å². The predicted octanol–water partition coefficient (Wildman–Crippen LogP) is 7.24. The van der Waals surface area contributed by atoms with Gasteiger partial charge in [0.05, 0.1) is 0 Å². The summed E-state index contributed by atoms with van der Waals surface area (Å²) in [5.41, 5.74) is 2.23. The highest BCUT2D eigenvalue weighted by Crippen LogP contribution is 2.31. The number of nitrogens with zero attached hydrogens (tertiary/aromatic N) is 3. The van der Waals surface area contributed by atoms with E-state index in [1.165, 1.54) is 64.7 Å². The lowest BCUT2D eigenvalue weighted by molar-refractivity contribution is 0.0999. The SMILES string of the molecule is Cl.Cl.O=C(c1ccccc1)N(c1ccc(OCCN2CCCCC2)cc1)c1ccc(OCCN2CCCCC2)cc1. The third-order valence-electron chi connectivity index (χ3n) is 7.66. The number of rotatable bonds is 11. The Morgan fingerprint density at radius 2 is 1.00 bits per heavy atom. The molecule has 222 valence electrons. The number of halogens is 2. The molecule has 0 atom stereocenters. The number of carbonyl (C=O) groups is 1. The molecule has 0 aromatic heterocycles. The van der Waals surface area contributed by atoms with E-state index in [0.717, 1.165) is 36.0 Å². The van der Waals surface area contributed by atoms with Crippen molar-refractivity contribution in [2.75, 3.05) is 57.4 Å². The molecule has 0 radical (unpaired) electrons. The van der Waals surface area contributed by atoms with Crippen LogP contribution < -0.4 is 14.4 Å². The van der Waals surface area contributed by atoms with Gasteiger partial charge < -0.3 is 9.47 Å². The Morgan fingerprint density at radius 1 is 0.585 bits per heavy atom. The van der Waals surface area contributed by atoms with E-state index < -0.39 is 0 Å². The van der Waals surface area contributed by atoms with Gasteiger partial charge in [-0.2, -0.15) is 0 Å². The first-order valence-corrected chi connectivity index (χ1v) is 14.6. The van der Waals surface area contributed by atoms with E-state index in [1.54, 1.807) is 4.90 Å². The maximum Gasteiger partial charge on any atom is 0.262 e. The van der Waals surface area contributed by atoms with Gasteiger partial charge in [-0.1, -0.05) is 31.0 Å². The molecule has 0 bridgehead atoms. The van der Waals surface area contributed by atoms with Crippen molar-refractivity contribution >= 4 is 42.1 Å². The molecule has 0 spiro atoms. The van der Waals surface area contributed by atoms with E-state index in [1.807, 2.05) is 78.9 Å². The summed E-state index contributed by atoms with van der Waals surface area (Å²) in [6, 6.07) is 25.1. The van der Waals surface area contributed by atoms with Crippen molar-refractivity contribution in [2.24, 2.45) is 0 Å². The first-order chi connectivity index (χ1) is 19.3. The molecule has 3 aromatic rings. The molecule has 0 unspecified atom stereocenters. The van der Waals surface area contributed by atoms with Crippen LogP contribution >= 0.6 is 24.8 Å². The maximum atomic E-state index is 13.7.